The Hall–Kier alpha value is -2.85. The molecule has 4 heteroatoms. The van der Waals surface area contributed by atoms with Crippen LogP contribution >= 0.6 is 0 Å². The van der Waals surface area contributed by atoms with Crippen LogP contribution < -0.4 is 10.2 Å². The molecule has 1 aliphatic rings. The van der Waals surface area contributed by atoms with Gasteiger partial charge in [-0.2, -0.15) is 0 Å². The molecule has 0 bridgehead atoms. The molecule has 4 rings (SSSR count). The third-order valence-corrected chi connectivity index (χ3v) is 6.06. The van der Waals surface area contributed by atoms with E-state index in [2.05, 4.69) is 52.9 Å². The molecule has 0 saturated carbocycles. The van der Waals surface area contributed by atoms with E-state index in [4.69, 9.17) is 4.74 Å². The second-order valence-electron chi connectivity index (χ2n) is 7.73. The van der Waals surface area contributed by atoms with Crippen LogP contribution in [0.5, 0.6) is 5.75 Å². The summed E-state index contributed by atoms with van der Waals surface area (Å²) in [6.07, 6.45) is 1.95. The molecule has 0 radical (unpaired) electrons. The van der Waals surface area contributed by atoms with E-state index in [0.717, 1.165) is 42.9 Å². The summed E-state index contributed by atoms with van der Waals surface area (Å²) in [5.41, 5.74) is 7.91. The summed E-state index contributed by atoms with van der Waals surface area (Å²) >= 11 is 0. The van der Waals surface area contributed by atoms with E-state index in [1.54, 1.807) is 13.2 Å². The summed E-state index contributed by atoms with van der Waals surface area (Å²) in [5, 5.41) is 2.20. The number of methoxy groups -OCH3 is 1. The van der Waals surface area contributed by atoms with Gasteiger partial charge in [0.15, 0.2) is 0 Å². The van der Waals surface area contributed by atoms with Crippen LogP contribution in [-0.4, -0.2) is 25.2 Å². The molecule has 3 aromatic carbocycles. The largest absolute Gasteiger partial charge is 0.497 e. The van der Waals surface area contributed by atoms with E-state index in [-0.39, 0.29) is 11.2 Å². The predicted molar refractivity (Wildman–Crippen MR) is 116 cm³/mol. The predicted octanol–water partition coefficient (Wildman–Crippen LogP) is 5.55. The molecule has 1 N–H and O–H groups in total. The number of hydrogen-bond donors (Lipinski definition) is 1. The fourth-order valence-electron chi connectivity index (χ4n) is 4.30. The van der Waals surface area contributed by atoms with Gasteiger partial charge in [-0.05, 0) is 60.7 Å². The number of nitrogens with one attached hydrogen (secondary N) is 1. The van der Waals surface area contributed by atoms with Crippen LogP contribution in [0.4, 0.5) is 10.1 Å². The average Bonchev–Trinajstić information content (AvgIpc) is 2.78. The van der Waals surface area contributed by atoms with Gasteiger partial charge in [-0.25, -0.2) is 9.40 Å². The average molecular weight is 391 g/mol. The molecule has 0 spiro atoms. The Morgan fingerprint density at radius 3 is 2.21 bits per heavy atom. The van der Waals surface area contributed by atoms with Crippen molar-refractivity contribution in [1.29, 1.82) is 0 Å². The van der Waals surface area contributed by atoms with Gasteiger partial charge in [0.1, 0.15) is 11.6 Å². The standard InChI is InChI=1S/C25H27FN2O/c1-19-8-11-22(26)18-24(19)27-28-16-14-25(15-17-28,20-6-4-3-5-7-20)21-9-12-23(29-2)13-10-21/h3-13,18,27H,14-17H2,1-2H3. The summed E-state index contributed by atoms with van der Waals surface area (Å²) in [7, 11) is 1.69. The van der Waals surface area contributed by atoms with Gasteiger partial charge in [-0.15, -0.1) is 0 Å². The molecule has 1 fully saturated rings. The quantitative estimate of drug-likeness (QED) is 0.618. The minimum Gasteiger partial charge on any atom is -0.497 e. The van der Waals surface area contributed by atoms with Crippen LogP contribution in [0.3, 0.4) is 0 Å². The normalized spacial score (nSPS) is 16.4. The monoisotopic (exact) mass is 390 g/mol. The van der Waals surface area contributed by atoms with Crippen LogP contribution in [0, 0.1) is 12.7 Å². The number of hydrazine groups is 1. The fraction of sp³-hybridized carbons (Fsp3) is 0.280. The molecule has 1 aliphatic heterocycles. The van der Waals surface area contributed by atoms with Gasteiger partial charge in [-0.1, -0.05) is 48.5 Å². The zero-order chi connectivity index (χ0) is 20.3. The van der Waals surface area contributed by atoms with Gasteiger partial charge in [0.05, 0.1) is 12.8 Å². The second kappa shape index (κ2) is 8.26. The maximum absolute atomic E-state index is 13.7. The van der Waals surface area contributed by atoms with Crippen LogP contribution in [0.1, 0.15) is 29.5 Å². The summed E-state index contributed by atoms with van der Waals surface area (Å²) in [5.74, 6) is 0.657. The van der Waals surface area contributed by atoms with Gasteiger partial charge in [-0.3, -0.25) is 0 Å². The van der Waals surface area contributed by atoms with Crippen molar-refractivity contribution in [2.24, 2.45) is 0 Å². The van der Waals surface area contributed by atoms with Crippen molar-refractivity contribution in [1.82, 2.24) is 5.01 Å². The van der Waals surface area contributed by atoms with Crippen molar-refractivity contribution < 1.29 is 9.13 Å². The Bertz CT molecular complexity index is 948. The number of aryl methyl sites for hydroxylation is 1. The topological polar surface area (TPSA) is 24.5 Å². The minimum absolute atomic E-state index is 0.0390. The number of rotatable bonds is 5. The highest BCUT2D eigenvalue weighted by Gasteiger charge is 2.38. The molecule has 29 heavy (non-hydrogen) atoms. The van der Waals surface area contributed by atoms with E-state index in [9.17, 15) is 4.39 Å². The van der Waals surface area contributed by atoms with Crippen LogP contribution in [0.15, 0.2) is 72.8 Å². The zero-order valence-corrected chi connectivity index (χ0v) is 17.0. The number of hydrogen-bond acceptors (Lipinski definition) is 3. The van der Waals surface area contributed by atoms with E-state index >= 15 is 0 Å². The van der Waals surface area contributed by atoms with Gasteiger partial charge >= 0.3 is 0 Å². The number of piperidine rings is 1. The molecular weight excluding hydrogens is 363 g/mol. The van der Waals surface area contributed by atoms with Gasteiger partial charge < -0.3 is 10.2 Å². The minimum atomic E-state index is -0.216. The maximum atomic E-state index is 13.7. The Balaban J connectivity index is 1.59. The summed E-state index contributed by atoms with van der Waals surface area (Å²) in [6, 6.07) is 24.1. The highest BCUT2D eigenvalue weighted by atomic mass is 19.1. The Morgan fingerprint density at radius 2 is 1.55 bits per heavy atom. The number of halogens is 1. The molecule has 3 nitrogen and oxygen atoms in total. The van der Waals surface area contributed by atoms with Crippen molar-refractivity contribution in [2.45, 2.75) is 25.2 Å². The highest BCUT2D eigenvalue weighted by Crippen LogP contribution is 2.42. The van der Waals surface area contributed by atoms with Crippen LogP contribution in [0.25, 0.3) is 0 Å². The summed E-state index contributed by atoms with van der Waals surface area (Å²) in [4.78, 5) is 0. The van der Waals surface area contributed by atoms with Crippen LogP contribution in [0.2, 0.25) is 0 Å². The first-order chi connectivity index (χ1) is 14.1. The Morgan fingerprint density at radius 1 is 0.897 bits per heavy atom. The third kappa shape index (κ3) is 3.99. The number of anilines is 1. The number of benzene rings is 3. The van der Waals surface area contributed by atoms with Crippen molar-refractivity contribution in [3.8, 4) is 5.75 Å². The first kappa shape index (κ1) is 19.5. The number of nitrogens with zero attached hydrogens (tertiary/aromatic N) is 1. The van der Waals surface area contributed by atoms with E-state index < -0.39 is 0 Å². The van der Waals surface area contributed by atoms with E-state index in [1.807, 2.05) is 25.1 Å². The lowest BCUT2D eigenvalue weighted by Crippen LogP contribution is -2.45. The Kier molecular flexibility index (Phi) is 5.54. The SMILES string of the molecule is COc1ccc(C2(c3ccccc3)CCN(Nc3cc(F)ccc3C)CC2)cc1. The van der Waals surface area contributed by atoms with E-state index in [0.29, 0.717) is 0 Å². The molecule has 0 atom stereocenters. The van der Waals surface area contributed by atoms with Gasteiger partial charge in [0.25, 0.3) is 0 Å². The van der Waals surface area contributed by atoms with Crippen molar-refractivity contribution in [3.63, 3.8) is 0 Å². The Labute approximate surface area is 172 Å². The number of ether oxygens (including phenoxy) is 1. The summed E-state index contributed by atoms with van der Waals surface area (Å²) in [6.45, 7) is 3.74. The summed E-state index contributed by atoms with van der Waals surface area (Å²) < 4.78 is 19.0. The van der Waals surface area contributed by atoms with Crippen LogP contribution in [-0.2, 0) is 5.41 Å². The molecule has 1 saturated heterocycles. The molecule has 0 aliphatic carbocycles. The highest BCUT2D eigenvalue weighted by molar-refractivity contribution is 5.50. The van der Waals surface area contributed by atoms with Crippen molar-refractivity contribution >= 4 is 5.69 Å². The zero-order valence-electron chi connectivity index (χ0n) is 17.0. The molecular formula is C25H27FN2O. The molecule has 0 aromatic heterocycles. The van der Waals surface area contributed by atoms with Gasteiger partial charge in [0, 0.05) is 18.5 Å². The first-order valence-corrected chi connectivity index (χ1v) is 10.1. The molecule has 0 amide bonds. The lowest BCUT2D eigenvalue weighted by molar-refractivity contribution is 0.210. The molecule has 0 unspecified atom stereocenters. The first-order valence-electron chi connectivity index (χ1n) is 10.1. The lowest BCUT2D eigenvalue weighted by Gasteiger charge is -2.43. The van der Waals surface area contributed by atoms with Gasteiger partial charge in [0.2, 0.25) is 0 Å². The van der Waals surface area contributed by atoms with E-state index in [1.165, 1.54) is 17.2 Å². The smallest absolute Gasteiger partial charge is 0.125 e. The van der Waals surface area contributed by atoms with Crippen molar-refractivity contribution in [3.05, 3.63) is 95.3 Å². The fourth-order valence-corrected chi connectivity index (χ4v) is 4.30. The molecule has 1 heterocycles. The molecule has 3 aromatic rings. The third-order valence-electron chi connectivity index (χ3n) is 6.06. The lowest BCUT2D eigenvalue weighted by atomic mass is 9.68. The molecule has 150 valence electrons. The second-order valence-corrected chi connectivity index (χ2v) is 7.73. The maximum Gasteiger partial charge on any atom is 0.125 e. The van der Waals surface area contributed by atoms with Crippen molar-refractivity contribution in [2.75, 3.05) is 25.6 Å².